The summed E-state index contributed by atoms with van der Waals surface area (Å²) in [6.45, 7) is 13.2. The van der Waals surface area contributed by atoms with Crippen LogP contribution < -0.4 is 10.6 Å². The maximum absolute atomic E-state index is 5.63. The smallest absolute Gasteiger partial charge is 0.191 e. The molecular weight excluding hydrogens is 415 g/mol. The van der Waals surface area contributed by atoms with E-state index in [4.69, 9.17) is 9.73 Å². The van der Waals surface area contributed by atoms with E-state index >= 15 is 0 Å². The van der Waals surface area contributed by atoms with Crippen molar-refractivity contribution in [1.29, 1.82) is 0 Å². The van der Waals surface area contributed by atoms with Crippen molar-refractivity contribution in [3.63, 3.8) is 0 Å². The second kappa shape index (κ2) is 15.2. The third kappa shape index (κ3) is 12.3. The van der Waals surface area contributed by atoms with E-state index in [1.54, 1.807) is 0 Å². The molecule has 0 amide bonds. The monoisotopic (exact) mass is 454 g/mol. The minimum atomic E-state index is 0. The molecule has 0 saturated carbocycles. The summed E-state index contributed by atoms with van der Waals surface area (Å²) in [4.78, 5) is 7.12. The summed E-state index contributed by atoms with van der Waals surface area (Å²) in [7, 11) is 2.21. The number of rotatable bonds is 10. The lowest BCUT2D eigenvalue weighted by Gasteiger charge is -2.28. The van der Waals surface area contributed by atoms with Crippen LogP contribution in [0.15, 0.2) is 4.99 Å². The van der Waals surface area contributed by atoms with Crippen LogP contribution in [-0.2, 0) is 4.74 Å². The molecule has 0 unspecified atom stereocenters. The van der Waals surface area contributed by atoms with Gasteiger partial charge in [0.25, 0.3) is 0 Å². The maximum atomic E-state index is 5.63. The number of likely N-dealkylation sites (tertiary alicyclic amines) is 1. The molecule has 1 fully saturated rings. The molecule has 1 heterocycles. The summed E-state index contributed by atoms with van der Waals surface area (Å²) < 4.78 is 5.63. The first-order valence-corrected chi connectivity index (χ1v) is 9.40. The summed E-state index contributed by atoms with van der Waals surface area (Å²) >= 11 is 0. The molecular formula is C18H39IN4O. The van der Waals surface area contributed by atoms with Crippen molar-refractivity contribution < 1.29 is 4.74 Å². The molecule has 0 bridgehead atoms. The van der Waals surface area contributed by atoms with Crippen LogP contribution >= 0.6 is 24.0 Å². The van der Waals surface area contributed by atoms with Gasteiger partial charge in [-0.15, -0.1) is 24.0 Å². The minimum Gasteiger partial charge on any atom is -0.380 e. The molecule has 6 heteroatoms. The zero-order valence-electron chi connectivity index (χ0n) is 16.1. The van der Waals surface area contributed by atoms with Crippen LogP contribution in [0.3, 0.4) is 0 Å². The van der Waals surface area contributed by atoms with Crippen molar-refractivity contribution in [3.05, 3.63) is 0 Å². The van der Waals surface area contributed by atoms with Crippen molar-refractivity contribution in [1.82, 2.24) is 15.5 Å². The van der Waals surface area contributed by atoms with Gasteiger partial charge in [-0.3, -0.25) is 4.99 Å². The molecule has 1 rings (SSSR count). The second-order valence-corrected chi connectivity index (χ2v) is 7.02. The Morgan fingerprint density at radius 1 is 1.21 bits per heavy atom. The van der Waals surface area contributed by atoms with E-state index in [9.17, 15) is 0 Å². The van der Waals surface area contributed by atoms with Crippen LogP contribution in [0.1, 0.15) is 46.5 Å². The third-order valence-corrected chi connectivity index (χ3v) is 4.37. The number of nitrogens with zero attached hydrogens (tertiary/aromatic N) is 2. The number of hydrogen-bond donors (Lipinski definition) is 2. The largest absolute Gasteiger partial charge is 0.380 e. The number of aliphatic imine (C=N–C) groups is 1. The highest BCUT2D eigenvalue weighted by atomic mass is 127. The molecule has 0 aliphatic carbocycles. The van der Waals surface area contributed by atoms with Gasteiger partial charge in [0, 0.05) is 26.2 Å². The first-order chi connectivity index (χ1) is 11.1. The zero-order valence-corrected chi connectivity index (χ0v) is 18.5. The summed E-state index contributed by atoms with van der Waals surface area (Å²) in [5.74, 6) is 2.48. The van der Waals surface area contributed by atoms with Crippen LogP contribution in [0.5, 0.6) is 0 Å². The SMILES string of the molecule is CCNC(=NCCC1CCN(C)CC1)NCCOCCC(C)C.I. The van der Waals surface area contributed by atoms with Crippen molar-refractivity contribution in [2.45, 2.75) is 46.5 Å². The maximum Gasteiger partial charge on any atom is 0.191 e. The quantitative estimate of drug-likeness (QED) is 0.231. The third-order valence-electron chi connectivity index (χ3n) is 4.37. The Hall–Kier alpha value is -0.0800. The van der Waals surface area contributed by atoms with Crippen LogP contribution in [0.2, 0.25) is 0 Å². The Balaban J connectivity index is 0.00000529. The van der Waals surface area contributed by atoms with Crippen LogP contribution in [0.4, 0.5) is 0 Å². The Morgan fingerprint density at radius 2 is 1.92 bits per heavy atom. The standard InChI is InChI=1S/C18H38N4O.HI/c1-5-19-18(21-11-15-23-14-9-16(2)3)20-10-6-17-7-12-22(4)13-8-17;/h16-17H,5-15H2,1-4H3,(H2,19,20,21);1H. The lowest BCUT2D eigenvalue weighted by molar-refractivity contribution is 0.128. The van der Waals surface area contributed by atoms with E-state index in [-0.39, 0.29) is 24.0 Å². The average Bonchev–Trinajstić information content (AvgIpc) is 2.52. The predicted octanol–water partition coefficient (Wildman–Crippen LogP) is 2.95. The molecule has 1 saturated heterocycles. The molecule has 144 valence electrons. The van der Waals surface area contributed by atoms with Gasteiger partial charge < -0.3 is 20.3 Å². The van der Waals surface area contributed by atoms with E-state index in [0.717, 1.165) is 51.1 Å². The molecule has 0 aromatic heterocycles. The summed E-state index contributed by atoms with van der Waals surface area (Å²) in [6, 6.07) is 0. The summed E-state index contributed by atoms with van der Waals surface area (Å²) in [5.41, 5.74) is 0. The minimum absolute atomic E-state index is 0. The van der Waals surface area contributed by atoms with Gasteiger partial charge in [-0.25, -0.2) is 0 Å². The van der Waals surface area contributed by atoms with E-state index in [0.29, 0.717) is 5.92 Å². The highest BCUT2D eigenvalue weighted by molar-refractivity contribution is 14.0. The molecule has 2 N–H and O–H groups in total. The zero-order chi connectivity index (χ0) is 16.9. The highest BCUT2D eigenvalue weighted by Crippen LogP contribution is 2.19. The van der Waals surface area contributed by atoms with E-state index in [1.807, 2.05) is 0 Å². The highest BCUT2D eigenvalue weighted by Gasteiger charge is 2.15. The fraction of sp³-hybridized carbons (Fsp3) is 0.944. The normalized spacial score (nSPS) is 17.0. The summed E-state index contributed by atoms with van der Waals surface area (Å²) in [6.07, 6.45) is 4.97. The van der Waals surface area contributed by atoms with Gasteiger partial charge in [0.2, 0.25) is 0 Å². The van der Waals surface area contributed by atoms with Gasteiger partial charge in [0.05, 0.1) is 6.61 Å². The van der Waals surface area contributed by atoms with Gasteiger partial charge in [0.15, 0.2) is 5.96 Å². The Bertz CT molecular complexity index is 318. The number of ether oxygens (including phenoxy) is 1. The molecule has 0 aromatic carbocycles. The predicted molar refractivity (Wildman–Crippen MR) is 115 cm³/mol. The number of guanidine groups is 1. The van der Waals surface area contributed by atoms with Crippen LogP contribution in [-0.4, -0.2) is 63.8 Å². The van der Waals surface area contributed by atoms with Gasteiger partial charge in [-0.05, 0) is 64.6 Å². The van der Waals surface area contributed by atoms with E-state index in [2.05, 4.69) is 43.4 Å². The van der Waals surface area contributed by atoms with Gasteiger partial charge >= 0.3 is 0 Å². The van der Waals surface area contributed by atoms with Crippen molar-refractivity contribution in [2.24, 2.45) is 16.8 Å². The van der Waals surface area contributed by atoms with Gasteiger partial charge in [-0.2, -0.15) is 0 Å². The van der Waals surface area contributed by atoms with E-state index in [1.165, 1.54) is 32.4 Å². The topological polar surface area (TPSA) is 48.9 Å². The number of nitrogens with one attached hydrogen (secondary N) is 2. The lowest BCUT2D eigenvalue weighted by atomic mass is 9.94. The Labute approximate surface area is 166 Å². The molecule has 1 aliphatic heterocycles. The van der Waals surface area contributed by atoms with Crippen molar-refractivity contribution in [3.8, 4) is 0 Å². The molecule has 0 radical (unpaired) electrons. The molecule has 5 nitrogen and oxygen atoms in total. The number of hydrogen-bond acceptors (Lipinski definition) is 3. The fourth-order valence-electron chi connectivity index (χ4n) is 2.71. The fourth-order valence-corrected chi connectivity index (χ4v) is 2.71. The molecule has 24 heavy (non-hydrogen) atoms. The number of halogens is 1. The second-order valence-electron chi connectivity index (χ2n) is 7.02. The first kappa shape index (κ1) is 23.9. The molecule has 1 aliphatic rings. The first-order valence-electron chi connectivity index (χ1n) is 9.40. The van der Waals surface area contributed by atoms with Gasteiger partial charge in [-0.1, -0.05) is 13.8 Å². The Morgan fingerprint density at radius 3 is 2.54 bits per heavy atom. The van der Waals surface area contributed by atoms with Crippen LogP contribution in [0.25, 0.3) is 0 Å². The van der Waals surface area contributed by atoms with Gasteiger partial charge in [0.1, 0.15) is 0 Å². The summed E-state index contributed by atoms with van der Waals surface area (Å²) in [5, 5.41) is 6.67. The number of piperidine rings is 1. The van der Waals surface area contributed by atoms with E-state index < -0.39 is 0 Å². The molecule has 0 spiro atoms. The van der Waals surface area contributed by atoms with Crippen LogP contribution in [0, 0.1) is 11.8 Å². The van der Waals surface area contributed by atoms with Crippen molar-refractivity contribution >= 4 is 29.9 Å². The Kier molecular flexibility index (Phi) is 15.1. The lowest BCUT2D eigenvalue weighted by Crippen LogP contribution is -2.39. The molecule has 0 aromatic rings. The average molecular weight is 454 g/mol. The van der Waals surface area contributed by atoms with Crippen molar-refractivity contribution in [2.75, 3.05) is 53.0 Å². The molecule has 0 atom stereocenters.